The van der Waals surface area contributed by atoms with Gasteiger partial charge in [-0.1, -0.05) is 0 Å². The van der Waals surface area contributed by atoms with E-state index in [-0.39, 0.29) is 0 Å². The first-order chi connectivity index (χ1) is 2.91. The minimum atomic E-state index is 0.337. The summed E-state index contributed by atoms with van der Waals surface area (Å²) < 4.78 is 0. The van der Waals surface area contributed by atoms with E-state index in [1.54, 1.807) is 0 Å². The molecule has 0 atom stereocenters. The Morgan fingerprint density at radius 3 is 2.67 bits per heavy atom. The van der Waals surface area contributed by atoms with E-state index in [1.165, 1.54) is 0 Å². The fraction of sp³-hybridized carbons (Fsp3) is 0.667. The molecule has 0 aromatic carbocycles. The van der Waals surface area contributed by atoms with E-state index < -0.39 is 0 Å². The van der Waals surface area contributed by atoms with Crippen molar-refractivity contribution in [1.82, 2.24) is 0 Å². The van der Waals surface area contributed by atoms with Gasteiger partial charge in [-0.2, -0.15) is 5.11 Å². The molecule has 0 fully saturated rings. The lowest BCUT2D eigenvalue weighted by molar-refractivity contribution is -0.107. The molecule has 3 heteroatoms. The predicted molar refractivity (Wildman–Crippen MR) is 20.7 cm³/mol. The average Bonchev–Trinajstić information content (AvgIpc) is 1.61. The van der Waals surface area contributed by atoms with E-state index in [2.05, 4.69) is 5.11 Å². The first-order valence-corrected chi connectivity index (χ1v) is 1.68. The summed E-state index contributed by atoms with van der Waals surface area (Å²) in [5.41, 5.74) is 6.17. The topological polar surface area (TPSA) is 53.3 Å². The zero-order valence-electron chi connectivity index (χ0n) is 3.35. The van der Waals surface area contributed by atoms with Gasteiger partial charge >= 0.3 is 0 Å². The SMILES string of the molecule is N=NCCC=O. The Kier molecular flexibility index (Phi) is 3.75. The number of nitrogens with zero attached hydrogens (tertiary/aromatic N) is 1. The van der Waals surface area contributed by atoms with Crippen molar-refractivity contribution in [3.05, 3.63) is 0 Å². The van der Waals surface area contributed by atoms with E-state index in [0.717, 1.165) is 6.29 Å². The highest BCUT2D eigenvalue weighted by atomic mass is 16.1. The maximum Gasteiger partial charge on any atom is 0.121 e. The fourth-order valence-electron chi connectivity index (χ4n) is 0.117. The number of carbonyl (C=O) groups is 1. The molecular formula is C3H6N2O. The number of hydrogen-bond acceptors (Lipinski definition) is 3. The second-order valence-corrected chi connectivity index (χ2v) is 0.837. The van der Waals surface area contributed by atoms with Crippen LogP contribution in [-0.4, -0.2) is 12.8 Å². The molecule has 0 aliphatic carbocycles. The smallest absolute Gasteiger partial charge is 0.121 e. The van der Waals surface area contributed by atoms with Gasteiger partial charge in [0.2, 0.25) is 0 Å². The summed E-state index contributed by atoms with van der Waals surface area (Å²) in [6, 6.07) is 0. The maximum absolute atomic E-state index is 9.42. The summed E-state index contributed by atoms with van der Waals surface area (Å²) in [5.74, 6) is 0. The van der Waals surface area contributed by atoms with Gasteiger partial charge in [0, 0.05) is 6.42 Å². The highest BCUT2D eigenvalue weighted by Gasteiger charge is 1.72. The molecule has 3 nitrogen and oxygen atoms in total. The second-order valence-electron chi connectivity index (χ2n) is 0.837. The van der Waals surface area contributed by atoms with E-state index in [9.17, 15) is 4.79 Å². The van der Waals surface area contributed by atoms with Crippen molar-refractivity contribution >= 4 is 6.29 Å². The van der Waals surface area contributed by atoms with Crippen molar-refractivity contribution in [3.63, 3.8) is 0 Å². The van der Waals surface area contributed by atoms with Crippen LogP contribution in [0.2, 0.25) is 0 Å². The van der Waals surface area contributed by atoms with Gasteiger partial charge in [0.05, 0.1) is 6.54 Å². The number of rotatable bonds is 3. The van der Waals surface area contributed by atoms with E-state index >= 15 is 0 Å². The van der Waals surface area contributed by atoms with Crippen LogP contribution in [0.5, 0.6) is 0 Å². The molecule has 0 aliphatic rings. The average molecular weight is 86.1 g/mol. The molecule has 0 spiro atoms. The third-order valence-electron chi connectivity index (χ3n) is 0.359. The van der Waals surface area contributed by atoms with Crippen molar-refractivity contribution in [2.24, 2.45) is 5.11 Å². The lowest BCUT2D eigenvalue weighted by Gasteiger charge is -1.71. The Hall–Kier alpha value is -0.730. The van der Waals surface area contributed by atoms with Crippen LogP contribution in [0.4, 0.5) is 0 Å². The Morgan fingerprint density at radius 2 is 2.50 bits per heavy atom. The van der Waals surface area contributed by atoms with E-state index in [4.69, 9.17) is 5.53 Å². The molecule has 34 valence electrons. The van der Waals surface area contributed by atoms with Crippen molar-refractivity contribution in [2.45, 2.75) is 6.42 Å². The van der Waals surface area contributed by atoms with Crippen LogP contribution in [0.1, 0.15) is 6.42 Å². The quantitative estimate of drug-likeness (QED) is 0.305. The highest BCUT2D eigenvalue weighted by Crippen LogP contribution is 1.69. The van der Waals surface area contributed by atoms with Crippen molar-refractivity contribution in [2.75, 3.05) is 6.54 Å². The standard InChI is InChI=1S/C3H6N2O/c4-5-2-1-3-6/h3-4H,1-2H2. The largest absolute Gasteiger partial charge is 0.303 e. The Labute approximate surface area is 35.9 Å². The molecule has 0 saturated carbocycles. The van der Waals surface area contributed by atoms with Crippen LogP contribution >= 0.6 is 0 Å². The van der Waals surface area contributed by atoms with Crippen molar-refractivity contribution in [1.29, 1.82) is 5.53 Å². The monoisotopic (exact) mass is 86.0 g/mol. The number of carbonyl (C=O) groups excluding carboxylic acids is 1. The normalized spacial score (nSPS) is 7.33. The van der Waals surface area contributed by atoms with Crippen LogP contribution in [0.15, 0.2) is 5.11 Å². The van der Waals surface area contributed by atoms with Gasteiger partial charge in [0.1, 0.15) is 6.29 Å². The van der Waals surface area contributed by atoms with Gasteiger partial charge in [-0.15, -0.1) is 0 Å². The summed E-state index contributed by atoms with van der Waals surface area (Å²) in [7, 11) is 0. The lowest BCUT2D eigenvalue weighted by Crippen LogP contribution is -1.76. The maximum atomic E-state index is 9.42. The molecule has 0 aromatic heterocycles. The van der Waals surface area contributed by atoms with Gasteiger partial charge in [-0.3, -0.25) is 0 Å². The summed E-state index contributed by atoms with van der Waals surface area (Å²) in [4.78, 5) is 9.42. The molecule has 0 saturated heterocycles. The van der Waals surface area contributed by atoms with Gasteiger partial charge < -0.3 is 4.79 Å². The van der Waals surface area contributed by atoms with E-state index in [1.807, 2.05) is 0 Å². The molecule has 0 bridgehead atoms. The van der Waals surface area contributed by atoms with Gasteiger partial charge in [-0.25, -0.2) is 5.53 Å². The highest BCUT2D eigenvalue weighted by molar-refractivity contribution is 5.49. The Morgan fingerprint density at radius 1 is 1.83 bits per heavy atom. The number of hydrogen-bond donors (Lipinski definition) is 1. The van der Waals surface area contributed by atoms with Crippen LogP contribution in [0, 0.1) is 5.53 Å². The summed E-state index contributed by atoms with van der Waals surface area (Å²) >= 11 is 0. The van der Waals surface area contributed by atoms with Crippen LogP contribution < -0.4 is 0 Å². The molecule has 0 aromatic rings. The molecule has 6 heavy (non-hydrogen) atoms. The van der Waals surface area contributed by atoms with Crippen LogP contribution in [0.3, 0.4) is 0 Å². The van der Waals surface area contributed by atoms with E-state index in [0.29, 0.717) is 13.0 Å². The van der Waals surface area contributed by atoms with Gasteiger partial charge in [0.15, 0.2) is 0 Å². The Bertz CT molecular complexity index is 44.8. The van der Waals surface area contributed by atoms with Gasteiger partial charge in [0.25, 0.3) is 0 Å². The van der Waals surface area contributed by atoms with Crippen LogP contribution in [0.25, 0.3) is 0 Å². The third kappa shape index (κ3) is 3.27. The minimum Gasteiger partial charge on any atom is -0.303 e. The number of nitrogens with one attached hydrogen (secondary N) is 1. The zero-order valence-corrected chi connectivity index (χ0v) is 3.35. The number of aldehydes is 1. The first-order valence-electron chi connectivity index (χ1n) is 1.68. The fourth-order valence-corrected chi connectivity index (χ4v) is 0.117. The van der Waals surface area contributed by atoms with Crippen LogP contribution in [-0.2, 0) is 4.79 Å². The molecule has 0 amide bonds. The predicted octanol–water partition coefficient (Wildman–Crippen LogP) is 0.606. The molecule has 0 radical (unpaired) electrons. The summed E-state index contributed by atoms with van der Waals surface area (Å²) in [6.45, 7) is 0.337. The minimum absolute atomic E-state index is 0.337. The molecule has 0 unspecified atom stereocenters. The first kappa shape index (κ1) is 5.27. The third-order valence-corrected chi connectivity index (χ3v) is 0.359. The lowest BCUT2D eigenvalue weighted by atomic mass is 10.5. The van der Waals surface area contributed by atoms with Crippen molar-refractivity contribution in [3.8, 4) is 0 Å². The molecule has 0 aliphatic heterocycles. The van der Waals surface area contributed by atoms with Crippen molar-refractivity contribution < 1.29 is 4.79 Å². The molecule has 0 rings (SSSR count). The summed E-state index contributed by atoms with van der Waals surface area (Å²) in [6.07, 6.45) is 1.13. The second kappa shape index (κ2) is 4.27. The zero-order chi connectivity index (χ0) is 4.83. The molecule has 0 heterocycles. The summed E-state index contributed by atoms with van der Waals surface area (Å²) in [5, 5.41) is 2.94. The van der Waals surface area contributed by atoms with Gasteiger partial charge in [-0.05, 0) is 0 Å². The molecular weight excluding hydrogens is 80.0 g/mol. The molecule has 1 N–H and O–H groups in total. The Balaban J connectivity index is 2.66.